The average molecular weight is 290 g/mol. The summed E-state index contributed by atoms with van der Waals surface area (Å²) in [4.78, 5) is 14.8. The van der Waals surface area contributed by atoms with E-state index in [0.29, 0.717) is 23.6 Å². The van der Waals surface area contributed by atoms with Gasteiger partial charge in [0.15, 0.2) is 0 Å². The fraction of sp³-hybridized carbons (Fsp3) is 0.765. The summed E-state index contributed by atoms with van der Waals surface area (Å²) in [6, 6.07) is 2.23. The third-order valence-electron chi connectivity index (χ3n) is 4.62. The van der Waals surface area contributed by atoms with Crippen molar-refractivity contribution in [3.63, 3.8) is 0 Å². The molecule has 0 aromatic carbocycles. The van der Waals surface area contributed by atoms with Crippen molar-refractivity contribution in [3.8, 4) is 0 Å². The number of carbonyl (C=O) groups is 1. The second-order valence-corrected chi connectivity index (χ2v) is 7.02. The predicted molar refractivity (Wildman–Crippen MR) is 81.2 cm³/mol. The van der Waals surface area contributed by atoms with Crippen LogP contribution < -0.4 is 0 Å². The second kappa shape index (κ2) is 6.20. The molecule has 2 aliphatic rings. The molecule has 0 bridgehead atoms. The standard InChI is InChI=1S/C17H26N2O2/c1-12(2)10-14-6-4-3-5-9-19(14)17(20)16-11-15(18-21-16)13-7-8-13/h11-14H,3-10H2,1-2H3. The Morgan fingerprint density at radius 1 is 1.33 bits per heavy atom. The molecule has 4 nitrogen and oxygen atoms in total. The first-order valence-electron chi connectivity index (χ1n) is 8.42. The summed E-state index contributed by atoms with van der Waals surface area (Å²) in [7, 11) is 0. The van der Waals surface area contributed by atoms with E-state index in [0.717, 1.165) is 31.5 Å². The zero-order chi connectivity index (χ0) is 14.8. The van der Waals surface area contributed by atoms with Crippen LogP contribution in [0.25, 0.3) is 0 Å². The van der Waals surface area contributed by atoms with Gasteiger partial charge in [0, 0.05) is 24.6 Å². The normalized spacial score (nSPS) is 23.4. The van der Waals surface area contributed by atoms with Crippen LogP contribution in [0.5, 0.6) is 0 Å². The monoisotopic (exact) mass is 290 g/mol. The van der Waals surface area contributed by atoms with E-state index < -0.39 is 0 Å². The van der Waals surface area contributed by atoms with Crippen LogP contribution in [-0.2, 0) is 0 Å². The molecule has 0 radical (unpaired) electrons. The first-order chi connectivity index (χ1) is 10.1. The van der Waals surface area contributed by atoms with Crippen LogP contribution in [0.15, 0.2) is 10.6 Å². The van der Waals surface area contributed by atoms with Crippen molar-refractivity contribution in [3.05, 3.63) is 17.5 Å². The minimum absolute atomic E-state index is 0.0435. The molecule has 4 heteroatoms. The zero-order valence-electron chi connectivity index (χ0n) is 13.2. The van der Waals surface area contributed by atoms with E-state index in [9.17, 15) is 4.79 Å². The van der Waals surface area contributed by atoms with Gasteiger partial charge in [0.25, 0.3) is 5.91 Å². The molecular weight excluding hydrogens is 264 g/mol. The molecule has 1 aromatic rings. The number of hydrogen-bond donors (Lipinski definition) is 0. The topological polar surface area (TPSA) is 46.3 Å². The van der Waals surface area contributed by atoms with Crippen molar-refractivity contribution in [2.45, 2.75) is 70.8 Å². The lowest BCUT2D eigenvalue weighted by Crippen LogP contribution is -2.40. The van der Waals surface area contributed by atoms with Gasteiger partial charge in [-0.05, 0) is 38.0 Å². The zero-order valence-corrected chi connectivity index (χ0v) is 13.2. The summed E-state index contributed by atoms with van der Waals surface area (Å²) in [5.41, 5.74) is 0.966. The van der Waals surface area contributed by atoms with E-state index >= 15 is 0 Å². The van der Waals surface area contributed by atoms with Crippen molar-refractivity contribution in [2.24, 2.45) is 5.92 Å². The Labute approximate surface area is 126 Å². The number of carbonyl (C=O) groups excluding carboxylic acids is 1. The second-order valence-electron chi connectivity index (χ2n) is 7.02. The highest BCUT2D eigenvalue weighted by atomic mass is 16.5. The molecule has 0 spiro atoms. The van der Waals surface area contributed by atoms with Gasteiger partial charge in [-0.1, -0.05) is 31.8 Å². The Kier molecular flexibility index (Phi) is 4.32. The van der Waals surface area contributed by atoms with E-state index in [2.05, 4.69) is 19.0 Å². The number of likely N-dealkylation sites (tertiary alicyclic amines) is 1. The van der Waals surface area contributed by atoms with Gasteiger partial charge in [-0.2, -0.15) is 0 Å². The smallest absolute Gasteiger partial charge is 0.292 e. The molecule has 1 aromatic heterocycles. The van der Waals surface area contributed by atoms with Crippen LogP contribution >= 0.6 is 0 Å². The molecule has 1 aliphatic carbocycles. The molecule has 0 N–H and O–H groups in total. The van der Waals surface area contributed by atoms with E-state index in [4.69, 9.17) is 4.52 Å². The summed E-state index contributed by atoms with van der Waals surface area (Å²) in [6.45, 7) is 5.32. The van der Waals surface area contributed by atoms with E-state index in [1.165, 1.54) is 25.7 Å². The van der Waals surface area contributed by atoms with Gasteiger partial charge in [-0.25, -0.2) is 0 Å². The maximum atomic E-state index is 12.8. The molecule has 21 heavy (non-hydrogen) atoms. The molecular formula is C17H26N2O2. The predicted octanol–water partition coefficient (Wildman–Crippen LogP) is 3.98. The number of hydrogen-bond acceptors (Lipinski definition) is 3. The Hall–Kier alpha value is -1.32. The first-order valence-corrected chi connectivity index (χ1v) is 8.42. The maximum Gasteiger partial charge on any atom is 0.292 e. The quantitative estimate of drug-likeness (QED) is 0.842. The molecule has 1 saturated carbocycles. The van der Waals surface area contributed by atoms with Crippen molar-refractivity contribution in [1.29, 1.82) is 0 Å². The Balaban J connectivity index is 1.74. The molecule has 1 unspecified atom stereocenters. The lowest BCUT2D eigenvalue weighted by atomic mass is 9.98. The van der Waals surface area contributed by atoms with Crippen molar-refractivity contribution in [2.75, 3.05) is 6.54 Å². The highest BCUT2D eigenvalue weighted by Gasteiger charge is 2.32. The molecule has 116 valence electrons. The van der Waals surface area contributed by atoms with E-state index in [1.807, 2.05) is 11.0 Å². The number of nitrogens with zero attached hydrogens (tertiary/aromatic N) is 2. The fourth-order valence-corrected chi connectivity index (χ4v) is 3.34. The highest BCUT2D eigenvalue weighted by molar-refractivity contribution is 5.91. The maximum absolute atomic E-state index is 12.8. The van der Waals surface area contributed by atoms with Gasteiger partial charge < -0.3 is 9.42 Å². The van der Waals surface area contributed by atoms with Crippen LogP contribution in [0.3, 0.4) is 0 Å². The van der Waals surface area contributed by atoms with Gasteiger partial charge in [0.1, 0.15) is 0 Å². The first kappa shape index (κ1) is 14.6. The molecule has 1 atom stereocenters. The Morgan fingerprint density at radius 2 is 2.14 bits per heavy atom. The number of rotatable bonds is 4. The SMILES string of the molecule is CC(C)CC1CCCCCN1C(=O)c1cc(C2CC2)no1. The average Bonchev–Trinajstić information content (AvgIpc) is 3.22. The molecule has 2 heterocycles. The van der Waals surface area contributed by atoms with Crippen molar-refractivity contribution >= 4 is 5.91 Å². The molecule has 1 saturated heterocycles. The number of aromatic nitrogens is 1. The lowest BCUT2D eigenvalue weighted by Gasteiger charge is -2.30. The summed E-state index contributed by atoms with van der Waals surface area (Å²) >= 11 is 0. The minimum atomic E-state index is 0.0435. The largest absolute Gasteiger partial charge is 0.351 e. The van der Waals surface area contributed by atoms with E-state index in [-0.39, 0.29) is 5.91 Å². The van der Waals surface area contributed by atoms with Crippen LogP contribution in [0.2, 0.25) is 0 Å². The van der Waals surface area contributed by atoms with Crippen LogP contribution in [0.4, 0.5) is 0 Å². The summed E-state index contributed by atoms with van der Waals surface area (Å²) in [6.07, 6.45) is 8.11. The van der Waals surface area contributed by atoms with Crippen LogP contribution in [0, 0.1) is 5.92 Å². The number of amides is 1. The molecule has 3 rings (SSSR count). The van der Waals surface area contributed by atoms with Gasteiger partial charge in [-0.3, -0.25) is 4.79 Å². The third kappa shape index (κ3) is 3.47. The minimum Gasteiger partial charge on any atom is -0.351 e. The summed E-state index contributed by atoms with van der Waals surface area (Å²) in [5.74, 6) is 1.63. The Morgan fingerprint density at radius 3 is 2.86 bits per heavy atom. The Bertz CT molecular complexity index is 491. The van der Waals surface area contributed by atoms with E-state index in [1.54, 1.807) is 0 Å². The van der Waals surface area contributed by atoms with Crippen LogP contribution in [0.1, 0.15) is 81.0 Å². The van der Waals surface area contributed by atoms with Crippen molar-refractivity contribution in [1.82, 2.24) is 10.1 Å². The lowest BCUT2D eigenvalue weighted by molar-refractivity contribution is 0.0618. The molecule has 2 fully saturated rings. The fourth-order valence-electron chi connectivity index (χ4n) is 3.34. The van der Waals surface area contributed by atoms with Gasteiger partial charge in [0.05, 0.1) is 5.69 Å². The molecule has 1 amide bonds. The molecule has 1 aliphatic heterocycles. The van der Waals surface area contributed by atoms with Crippen molar-refractivity contribution < 1.29 is 9.32 Å². The summed E-state index contributed by atoms with van der Waals surface area (Å²) in [5, 5.41) is 4.08. The summed E-state index contributed by atoms with van der Waals surface area (Å²) < 4.78 is 5.33. The third-order valence-corrected chi connectivity index (χ3v) is 4.62. The van der Waals surface area contributed by atoms with Gasteiger partial charge in [-0.15, -0.1) is 0 Å². The highest BCUT2D eigenvalue weighted by Crippen LogP contribution is 2.39. The van der Waals surface area contributed by atoms with Gasteiger partial charge >= 0.3 is 0 Å². The van der Waals surface area contributed by atoms with Crippen LogP contribution in [-0.4, -0.2) is 28.6 Å². The van der Waals surface area contributed by atoms with Gasteiger partial charge in [0.2, 0.25) is 5.76 Å².